The van der Waals surface area contributed by atoms with Gasteiger partial charge in [-0.3, -0.25) is 4.79 Å². The number of esters is 1. The van der Waals surface area contributed by atoms with E-state index in [9.17, 15) is 9.59 Å². The maximum atomic E-state index is 12.1. The molecule has 0 aliphatic rings. The summed E-state index contributed by atoms with van der Waals surface area (Å²) in [7, 11) is 1.34. The van der Waals surface area contributed by atoms with E-state index in [0.29, 0.717) is 16.8 Å². The van der Waals surface area contributed by atoms with Gasteiger partial charge >= 0.3 is 5.97 Å². The van der Waals surface area contributed by atoms with Gasteiger partial charge in [0.05, 0.1) is 12.7 Å². The van der Waals surface area contributed by atoms with Crippen LogP contribution in [0.15, 0.2) is 42.5 Å². The Morgan fingerprint density at radius 2 is 1.67 bits per heavy atom. The topological polar surface area (TPSA) is 55.4 Å². The third kappa shape index (κ3) is 3.81. The number of rotatable bonds is 3. The third-order valence-electron chi connectivity index (χ3n) is 3.00. The number of nitrogens with one attached hydrogen (secondary N) is 1. The van der Waals surface area contributed by atoms with E-state index in [4.69, 9.17) is 0 Å². The average Bonchev–Trinajstić information content (AvgIpc) is 2.49. The molecule has 2 aromatic carbocycles. The molecule has 0 spiro atoms. The SMILES string of the molecule is COC(=O)c1ccc(NC(=O)c2ccc(I)cc2)c(C)c1. The number of carbonyl (C=O) groups excluding carboxylic acids is 2. The number of benzene rings is 2. The molecule has 0 heterocycles. The Hall–Kier alpha value is -1.89. The van der Waals surface area contributed by atoms with Crippen molar-refractivity contribution in [1.29, 1.82) is 0 Å². The number of ether oxygens (including phenoxy) is 1. The summed E-state index contributed by atoms with van der Waals surface area (Å²) in [6.07, 6.45) is 0. The lowest BCUT2D eigenvalue weighted by Gasteiger charge is -2.10. The molecule has 5 heteroatoms. The minimum Gasteiger partial charge on any atom is -0.465 e. The molecule has 0 radical (unpaired) electrons. The largest absolute Gasteiger partial charge is 0.465 e. The van der Waals surface area contributed by atoms with Crippen LogP contribution in [-0.4, -0.2) is 19.0 Å². The molecule has 0 unspecified atom stereocenters. The number of methoxy groups -OCH3 is 1. The van der Waals surface area contributed by atoms with Gasteiger partial charge < -0.3 is 10.1 Å². The maximum absolute atomic E-state index is 12.1. The van der Waals surface area contributed by atoms with Gasteiger partial charge in [-0.15, -0.1) is 0 Å². The summed E-state index contributed by atoms with van der Waals surface area (Å²) in [5, 5.41) is 2.84. The standard InChI is InChI=1S/C16H14INO3/c1-10-9-12(16(20)21-2)5-8-14(10)18-15(19)11-3-6-13(17)7-4-11/h3-9H,1-2H3,(H,18,19). The first-order valence-electron chi connectivity index (χ1n) is 6.27. The van der Waals surface area contributed by atoms with Crippen molar-refractivity contribution in [3.63, 3.8) is 0 Å². The fourth-order valence-corrected chi connectivity index (χ4v) is 2.20. The highest BCUT2D eigenvalue weighted by Gasteiger charge is 2.10. The van der Waals surface area contributed by atoms with E-state index in [1.165, 1.54) is 7.11 Å². The van der Waals surface area contributed by atoms with E-state index in [0.717, 1.165) is 9.13 Å². The van der Waals surface area contributed by atoms with E-state index in [1.807, 2.05) is 19.1 Å². The summed E-state index contributed by atoms with van der Waals surface area (Å²) in [4.78, 5) is 23.6. The average molecular weight is 395 g/mol. The minimum absolute atomic E-state index is 0.180. The third-order valence-corrected chi connectivity index (χ3v) is 3.72. The smallest absolute Gasteiger partial charge is 0.337 e. The number of hydrogen-bond donors (Lipinski definition) is 1. The fraction of sp³-hybridized carbons (Fsp3) is 0.125. The van der Waals surface area contributed by atoms with Gasteiger partial charge in [-0.05, 0) is 77.5 Å². The second-order valence-electron chi connectivity index (χ2n) is 4.48. The highest BCUT2D eigenvalue weighted by atomic mass is 127. The lowest BCUT2D eigenvalue weighted by molar-refractivity contribution is 0.0600. The molecule has 0 bridgehead atoms. The first-order valence-corrected chi connectivity index (χ1v) is 7.35. The molecule has 0 saturated carbocycles. The van der Waals surface area contributed by atoms with E-state index in [2.05, 4.69) is 32.6 Å². The summed E-state index contributed by atoms with van der Waals surface area (Å²) < 4.78 is 5.74. The van der Waals surface area contributed by atoms with E-state index in [-0.39, 0.29) is 5.91 Å². The van der Waals surface area contributed by atoms with Crippen LogP contribution in [0.25, 0.3) is 0 Å². The first-order chi connectivity index (χ1) is 10.0. The van der Waals surface area contributed by atoms with Gasteiger partial charge in [0.2, 0.25) is 0 Å². The van der Waals surface area contributed by atoms with Gasteiger partial charge in [-0.25, -0.2) is 4.79 Å². The Balaban J connectivity index is 2.18. The van der Waals surface area contributed by atoms with Crippen molar-refractivity contribution in [2.45, 2.75) is 6.92 Å². The van der Waals surface area contributed by atoms with Gasteiger partial charge in [-0.2, -0.15) is 0 Å². The molecule has 0 fully saturated rings. The molecule has 0 aliphatic carbocycles. The summed E-state index contributed by atoms with van der Waals surface area (Å²) in [6, 6.07) is 12.3. The van der Waals surface area contributed by atoms with Crippen LogP contribution in [0, 0.1) is 10.5 Å². The molecule has 0 aliphatic heterocycles. The van der Waals surface area contributed by atoms with E-state index < -0.39 is 5.97 Å². The van der Waals surface area contributed by atoms with Crippen LogP contribution in [0.4, 0.5) is 5.69 Å². The van der Waals surface area contributed by atoms with Gasteiger partial charge in [0.25, 0.3) is 5.91 Å². The quantitative estimate of drug-likeness (QED) is 0.638. The van der Waals surface area contributed by atoms with Gasteiger partial charge in [0.15, 0.2) is 0 Å². The molecule has 2 aromatic rings. The maximum Gasteiger partial charge on any atom is 0.337 e. The van der Waals surface area contributed by atoms with Crippen molar-refractivity contribution in [3.05, 3.63) is 62.7 Å². The zero-order valence-corrected chi connectivity index (χ0v) is 13.8. The van der Waals surface area contributed by atoms with Crippen LogP contribution in [0.1, 0.15) is 26.3 Å². The fourth-order valence-electron chi connectivity index (χ4n) is 1.84. The predicted octanol–water partition coefficient (Wildman–Crippen LogP) is 3.64. The molecule has 0 aromatic heterocycles. The van der Waals surface area contributed by atoms with Crippen molar-refractivity contribution in [1.82, 2.24) is 0 Å². The second-order valence-corrected chi connectivity index (χ2v) is 5.73. The van der Waals surface area contributed by atoms with Gasteiger partial charge in [0, 0.05) is 14.8 Å². The normalized spacial score (nSPS) is 10.0. The Morgan fingerprint density at radius 3 is 2.24 bits per heavy atom. The molecule has 4 nitrogen and oxygen atoms in total. The minimum atomic E-state index is -0.395. The van der Waals surface area contributed by atoms with Crippen LogP contribution in [-0.2, 0) is 4.74 Å². The molecule has 21 heavy (non-hydrogen) atoms. The van der Waals surface area contributed by atoms with Crippen molar-refractivity contribution in [2.75, 3.05) is 12.4 Å². The van der Waals surface area contributed by atoms with E-state index >= 15 is 0 Å². The molecular formula is C16H14INO3. The van der Waals surface area contributed by atoms with Crippen molar-refractivity contribution >= 4 is 40.2 Å². The molecule has 108 valence electrons. The van der Waals surface area contributed by atoms with Crippen LogP contribution in [0.5, 0.6) is 0 Å². The van der Waals surface area contributed by atoms with Crippen LogP contribution in [0.2, 0.25) is 0 Å². The predicted molar refractivity (Wildman–Crippen MR) is 89.6 cm³/mol. The number of anilines is 1. The summed E-state index contributed by atoms with van der Waals surface area (Å²) >= 11 is 2.19. The first kappa shape index (κ1) is 15.5. The van der Waals surface area contributed by atoms with E-state index in [1.54, 1.807) is 30.3 Å². The Bertz CT molecular complexity index is 680. The molecule has 2 rings (SSSR count). The molecule has 1 N–H and O–H groups in total. The summed E-state index contributed by atoms with van der Waals surface area (Å²) in [6.45, 7) is 1.83. The van der Waals surface area contributed by atoms with Gasteiger partial charge in [-0.1, -0.05) is 0 Å². The Labute approximate surface area is 136 Å². The Morgan fingerprint density at radius 1 is 1.05 bits per heavy atom. The zero-order valence-electron chi connectivity index (χ0n) is 11.6. The highest BCUT2D eigenvalue weighted by Crippen LogP contribution is 2.18. The molecule has 0 saturated heterocycles. The number of carbonyl (C=O) groups is 2. The summed E-state index contributed by atoms with van der Waals surface area (Å²) in [5.74, 6) is -0.575. The van der Waals surface area contributed by atoms with Crippen LogP contribution in [0.3, 0.4) is 0 Å². The number of aryl methyl sites for hydroxylation is 1. The molecular weight excluding hydrogens is 381 g/mol. The lowest BCUT2D eigenvalue weighted by atomic mass is 10.1. The monoisotopic (exact) mass is 395 g/mol. The summed E-state index contributed by atoms with van der Waals surface area (Å²) in [5.41, 5.74) is 2.53. The molecule has 1 amide bonds. The molecule has 0 atom stereocenters. The number of halogens is 1. The second kappa shape index (κ2) is 6.71. The zero-order chi connectivity index (χ0) is 15.4. The van der Waals surface area contributed by atoms with Crippen LogP contribution >= 0.6 is 22.6 Å². The number of hydrogen-bond acceptors (Lipinski definition) is 3. The Kier molecular flexibility index (Phi) is 4.95. The van der Waals surface area contributed by atoms with Crippen molar-refractivity contribution in [2.24, 2.45) is 0 Å². The highest BCUT2D eigenvalue weighted by molar-refractivity contribution is 14.1. The van der Waals surface area contributed by atoms with Crippen molar-refractivity contribution < 1.29 is 14.3 Å². The lowest BCUT2D eigenvalue weighted by Crippen LogP contribution is -2.13. The van der Waals surface area contributed by atoms with Crippen molar-refractivity contribution in [3.8, 4) is 0 Å². The van der Waals surface area contributed by atoms with Gasteiger partial charge in [0.1, 0.15) is 0 Å². The van der Waals surface area contributed by atoms with Crippen LogP contribution < -0.4 is 5.32 Å². The number of amides is 1.